The number of aliphatic hydroxyl groups is 1. The predicted octanol–water partition coefficient (Wildman–Crippen LogP) is 2.26. The summed E-state index contributed by atoms with van der Waals surface area (Å²) in [6.45, 7) is 6.74. The van der Waals surface area contributed by atoms with Crippen LogP contribution in [-0.2, 0) is 22.5 Å². The molecule has 1 atom stereocenters. The summed E-state index contributed by atoms with van der Waals surface area (Å²) in [5.41, 5.74) is 0.894. The summed E-state index contributed by atoms with van der Waals surface area (Å²) >= 11 is 1.39. The predicted molar refractivity (Wildman–Crippen MR) is 96.9 cm³/mol. The third-order valence-corrected chi connectivity index (χ3v) is 5.75. The van der Waals surface area contributed by atoms with Gasteiger partial charge in [-0.3, -0.25) is 4.79 Å². The number of thiophene rings is 1. The van der Waals surface area contributed by atoms with Gasteiger partial charge in [-0.1, -0.05) is 0 Å². The molecule has 0 aromatic carbocycles. The number of ether oxygens (including phenoxy) is 1. The molecule has 3 heterocycles. The minimum Gasteiger partial charge on any atom is -0.444 e. The SMILES string of the molecule is CC(C)(C)OC(=O)N1CCc2c(sc(N3CC(CO)CC3=O)c2C#N)C1. The first-order valence-electron chi connectivity index (χ1n) is 8.67. The summed E-state index contributed by atoms with van der Waals surface area (Å²) in [6.07, 6.45) is 0.502. The summed E-state index contributed by atoms with van der Waals surface area (Å²) in [5, 5.41) is 19.6. The van der Waals surface area contributed by atoms with Crippen molar-refractivity contribution in [3.05, 3.63) is 16.0 Å². The number of anilines is 1. The molecule has 0 radical (unpaired) electrons. The molecule has 1 unspecified atom stereocenters. The second-order valence-corrected chi connectivity index (χ2v) is 8.79. The first-order chi connectivity index (χ1) is 12.2. The summed E-state index contributed by atoms with van der Waals surface area (Å²) < 4.78 is 5.44. The molecule has 140 valence electrons. The van der Waals surface area contributed by atoms with Crippen LogP contribution in [0.3, 0.4) is 0 Å². The molecule has 2 aliphatic rings. The van der Waals surface area contributed by atoms with Gasteiger partial charge in [0.25, 0.3) is 0 Å². The fourth-order valence-electron chi connectivity index (χ4n) is 3.28. The molecule has 8 heteroatoms. The number of rotatable bonds is 2. The fourth-order valence-corrected chi connectivity index (χ4v) is 4.62. The summed E-state index contributed by atoms with van der Waals surface area (Å²) in [7, 11) is 0. The molecule has 2 aliphatic heterocycles. The Labute approximate surface area is 156 Å². The Morgan fingerprint density at radius 2 is 2.19 bits per heavy atom. The number of aliphatic hydroxyl groups excluding tert-OH is 1. The van der Waals surface area contributed by atoms with E-state index in [4.69, 9.17) is 4.74 Å². The van der Waals surface area contributed by atoms with Crippen LogP contribution in [0.15, 0.2) is 0 Å². The zero-order chi connectivity index (χ0) is 19.1. The summed E-state index contributed by atoms with van der Waals surface area (Å²) in [5.74, 6) is -0.158. The number of nitrogens with zero attached hydrogens (tertiary/aromatic N) is 3. The van der Waals surface area contributed by atoms with Crippen molar-refractivity contribution in [2.75, 3.05) is 24.6 Å². The van der Waals surface area contributed by atoms with E-state index in [1.165, 1.54) is 11.3 Å². The molecule has 1 saturated heterocycles. The van der Waals surface area contributed by atoms with Crippen LogP contribution in [0.25, 0.3) is 0 Å². The van der Waals surface area contributed by atoms with Crippen LogP contribution in [-0.4, -0.2) is 47.3 Å². The van der Waals surface area contributed by atoms with E-state index in [9.17, 15) is 20.0 Å². The lowest BCUT2D eigenvalue weighted by Crippen LogP contribution is -2.39. The summed E-state index contributed by atoms with van der Waals surface area (Å²) in [6, 6.07) is 2.24. The van der Waals surface area contributed by atoms with Crippen molar-refractivity contribution in [1.29, 1.82) is 5.26 Å². The van der Waals surface area contributed by atoms with Crippen molar-refractivity contribution in [3.8, 4) is 6.07 Å². The highest BCUT2D eigenvalue weighted by molar-refractivity contribution is 7.16. The normalized spacial score (nSPS) is 20.1. The molecule has 3 rings (SSSR count). The van der Waals surface area contributed by atoms with E-state index >= 15 is 0 Å². The minimum atomic E-state index is -0.558. The van der Waals surface area contributed by atoms with Gasteiger partial charge in [0.05, 0.1) is 12.1 Å². The Kier molecular flexibility index (Phi) is 4.95. The highest BCUT2D eigenvalue weighted by Crippen LogP contribution is 2.41. The van der Waals surface area contributed by atoms with Crippen LogP contribution < -0.4 is 4.90 Å². The summed E-state index contributed by atoms with van der Waals surface area (Å²) in [4.78, 5) is 28.8. The third-order valence-electron chi connectivity index (χ3n) is 4.51. The second-order valence-electron chi connectivity index (χ2n) is 7.70. The molecule has 1 aromatic heterocycles. The average Bonchev–Trinajstić information content (AvgIpc) is 3.11. The van der Waals surface area contributed by atoms with Gasteiger partial charge in [0.15, 0.2) is 0 Å². The minimum absolute atomic E-state index is 0.0400. The van der Waals surface area contributed by atoms with Crippen molar-refractivity contribution in [2.45, 2.75) is 45.8 Å². The van der Waals surface area contributed by atoms with E-state index in [0.717, 1.165) is 10.4 Å². The van der Waals surface area contributed by atoms with Crippen molar-refractivity contribution in [1.82, 2.24) is 4.90 Å². The van der Waals surface area contributed by atoms with E-state index in [2.05, 4.69) is 6.07 Å². The average molecular weight is 377 g/mol. The van der Waals surface area contributed by atoms with E-state index in [1.54, 1.807) is 9.80 Å². The van der Waals surface area contributed by atoms with Crippen molar-refractivity contribution in [2.24, 2.45) is 5.92 Å². The molecule has 0 bridgehead atoms. The molecule has 0 saturated carbocycles. The Morgan fingerprint density at radius 3 is 2.77 bits per heavy atom. The lowest BCUT2D eigenvalue weighted by atomic mass is 10.0. The van der Waals surface area contributed by atoms with Gasteiger partial charge in [0.1, 0.15) is 16.7 Å². The van der Waals surface area contributed by atoms with Crippen LogP contribution in [0.2, 0.25) is 0 Å². The number of fused-ring (bicyclic) bond motifs is 1. The zero-order valence-electron chi connectivity index (χ0n) is 15.2. The van der Waals surface area contributed by atoms with E-state index in [1.807, 2.05) is 20.8 Å². The molecule has 0 spiro atoms. The Balaban J connectivity index is 1.84. The maximum absolute atomic E-state index is 12.3. The lowest BCUT2D eigenvalue weighted by Gasteiger charge is -2.29. The van der Waals surface area contributed by atoms with Crippen LogP contribution in [0, 0.1) is 17.2 Å². The Morgan fingerprint density at radius 1 is 1.46 bits per heavy atom. The van der Waals surface area contributed by atoms with Crippen LogP contribution in [0.4, 0.5) is 9.80 Å². The van der Waals surface area contributed by atoms with Crippen LogP contribution in [0.5, 0.6) is 0 Å². The molecule has 0 aliphatic carbocycles. The number of hydrogen-bond donors (Lipinski definition) is 1. The largest absolute Gasteiger partial charge is 0.444 e. The lowest BCUT2D eigenvalue weighted by molar-refractivity contribution is -0.117. The van der Waals surface area contributed by atoms with E-state index < -0.39 is 5.60 Å². The van der Waals surface area contributed by atoms with Crippen molar-refractivity contribution in [3.63, 3.8) is 0 Å². The van der Waals surface area contributed by atoms with Gasteiger partial charge in [-0.15, -0.1) is 11.3 Å². The molecule has 7 nitrogen and oxygen atoms in total. The van der Waals surface area contributed by atoms with E-state index in [-0.39, 0.29) is 24.5 Å². The zero-order valence-corrected chi connectivity index (χ0v) is 16.1. The van der Waals surface area contributed by atoms with Gasteiger partial charge in [0.2, 0.25) is 5.91 Å². The fraction of sp³-hybridized carbons (Fsp3) is 0.611. The number of carbonyl (C=O) groups is 2. The van der Waals surface area contributed by atoms with Gasteiger partial charge in [-0.25, -0.2) is 4.79 Å². The van der Waals surface area contributed by atoms with Crippen LogP contribution in [0.1, 0.15) is 43.2 Å². The van der Waals surface area contributed by atoms with Crippen LogP contribution >= 0.6 is 11.3 Å². The number of nitriles is 1. The van der Waals surface area contributed by atoms with Gasteiger partial charge < -0.3 is 19.6 Å². The molecule has 1 aromatic rings. The van der Waals surface area contributed by atoms with Gasteiger partial charge in [0, 0.05) is 36.9 Å². The Hall–Kier alpha value is -2.11. The highest BCUT2D eigenvalue weighted by Gasteiger charge is 2.36. The van der Waals surface area contributed by atoms with E-state index in [0.29, 0.717) is 43.0 Å². The number of amides is 2. The molecule has 1 fully saturated rings. The first-order valence-corrected chi connectivity index (χ1v) is 9.49. The maximum atomic E-state index is 12.3. The molecule has 1 N–H and O–H groups in total. The topological polar surface area (TPSA) is 93.9 Å². The smallest absolute Gasteiger partial charge is 0.410 e. The molecular formula is C18H23N3O4S. The standard InChI is InChI=1S/C18H23N3O4S/c1-18(2,3)25-17(24)20-5-4-12-13(7-19)16(26-14(12)9-20)21-8-11(10-22)6-15(21)23/h11,22H,4-6,8-10H2,1-3H3. The Bertz CT molecular complexity index is 775. The number of carbonyl (C=O) groups excluding carboxylic acids is 2. The quantitative estimate of drug-likeness (QED) is 0.853. The van der Waals surface area contributed by atoms with Gasteiger partial charge in [-0.05, 0) is 32.8 Å². The maximum Gasteiger partial charge on any atom is 0.410 e. The first kappa shape index (κ1) is 18.7. The van der Waals surface area contributed by atoms with Crippen molar-refractivity contribution < 1.29 is 19.4 Å². The molecular weight excluding hydrogens is 354 g/mol. The monoisotopic (exact) mass is 377 g/mol. The van der Waals surface area contributed by atoms with Crippen molar-refractivity contribution >= 4 is 28.3 Å². The third kappa shape index (κ3) is 3.55. The van der Waals surface area contributed by atoms with Gasteiger partial charge >= 0.3 is 6.09 Å². The molecule has 2 amide bonds. The number of hydrogen-bond acceptors (Lipinski definition) is 6. The van der Waals surface area contributed by atoms with Gasteiger partial charge in [-0.2, -0.15) is 5.26 Å². The molecule has 26 heavy (non-hydrogen) atoms. The highest BCUT2D eigenvalue weighted by atomic mass is 32.1. The second kappa shape index (κ2) is 6.89.